The number of carbonyl (C=O) groups excluding carboxylic acids is 2. The van der Waals surface area contributed by atoms with E-state index in [1.54, 1.807) is 0 Å². The molecular formula is C19H26N2O2. The van der Waals surface area contributed by atoms with Crippen LogP contribution in [0.2, 0.25) is 0 Å². The molecule has 1 aromatic carbocycles. The zero-order chi connectivity index (χ0) is 16.2. The van der Waals surface area contributed by atoms with E-state index in [-0.39, 0.29) is 18.4 Å². The highest BCUT2D eigenvalue weighted by Gasteiger charge is 2.40. The van der Waals surface area contributed by atoms with E-state index in [2.05, 4.69) is 17.6 Å². The Balaban J connectivity index is 1.42. The second-order valence-electron chi connectivity index (χ2n) is 6.97. The monoisotopic (exact) mass is 314 g/mol. The standard InChI is InChI=1S/C19H26N2O2/c1-2-14-5-3-4-6-17(14)21-19(23)12-20-18(22)11-16-10-13-7-8-15(16)9-13/h3-6,13,15-16H,2,7-12H2,1H3,(H,20,22)(H,21,23)/t13-,15-,16+/m1/s1. The van der Waals surface area contributed by atoms with E-state index in [0.29, 0.717) is 12.3 Å². The van der Waals surface area contributed by atoms with Crippen molar-refractivity contribution in [2.45, 2.75) is 45.4 Å². The summed E-state index contributed by atoms with van der Waals surface area (Å²) in [5.74, 6) is 1.99. The van der Waals surface area contributed by atoms with Gasteiger partial charge in [-0.3, -0.25) is 9.59 Å². The van der Waals surface area contributed by atoms with Crippen LogP contribution >= 0.6 is 0 Å². The second kappa shape index (κ2) is 7.16. The highest BCUT2D eigenvalue weighted by molar-refractivity contribution is 5.95. The molecule has 2 aliphatic rings. The molecule has 2 fully saturated rings. The van der Waals surface area contributed by atoms with Crippen LogP contribution in [0.4, 0.5) is 5.69 Å². The number of anilines is 1. The van der Waals surface area contributed by atoms with Crippen LogP contribution in [0.3, 0.4) is 0 Å². The largest absolute Gasteiger partial charge is 0.347 e. The van der Waals surface area contributed by atoms with Crippen molar-refractivity contribution in [3.63, 3.8) is 0 Å². The Hall–Kier alpha value is -1.84. The molecule has 23 heavy (non-hydrogen) atoms. The van der Waals surface area contributed by atoms with Crippen LogP contribution in [0.1, 0.15) is 44.6 Å². The van der Waals surface area contributed by atoms with Gasteiger partial charge in [0.25, 0.3) is 0 Å². The summed E-state index contributed by atoms with van der Waals surface area (Å²) in [5, 5.41) is 5.66. The quantitative estimate of drug-likeness (QED) is 0.847. The molecule has 124 valence electrons. The number of fused-ring (bicyclic) bond motifs is 2. The molecule has 0 saturated heterocycles. The Kier molecular flexibility index (Phi) is 4.99. The molecule has 2 bridgehead atoms. The Morgan fingerprint density at radius 1 is 1.13 bits per heavy atom. The van der Waals surface area contributed by atoms with Crippen molar-refractivity contribution in [1.82, 2.24) is 5.32 Å². The molecule has 0 spiro atoms. The minimum atomic E-state index is -0.160. The maximum absolute atomic E-state index is 12.1. The summed E-state index contributed by atoms with van der Waals surface area (Å²) in [6.45, 7) is 2.11. The van der Waals surface area contributed by atoms with Crippen molar-refractivity contribution in [3.8, 4) is 0 Å². The number of amides is 2. The van der Waals surface area contributed by atoms with Gasteiger partial charge in [-0.05, 0) is 55.1 Å². The molecule has 0 aliphatic heterocycles. The first kappa shape index (κ1) is 16.0. The van der Waals surface area contributed by atoms with Crippen molar-refractivity contribution in [2.75, 3.05) is 11.9 Å². The van der Waals surface area contributed by atoms with Crippen molar-refractivity contribution in [2.24, 2.45) is 17.8 Å². The zero-order valence-electron chi connectivity index (χ0n) is 13.8. The topological polar surface area (TPSA) is 58.2 Å². The van der Waals surface area contributed by atoms with E-state index in [1.165, 1.54) is 25.7 Å². The Labute approximate surface area is 138 Å². The minimum Gasteiger partial charge on any atom is -0.347 e. The Morgan fingerprint density at radius 2 is 1.96 bits per heavy atom. The molecule has 2 aliphatic carbocycles. The summed E-state index contributed by atoms with van der Waals surface area (Å²) in [7, 11) is 0. The first-order valence-corrected chi connectivity index (χ1v) is 8.80. The number of rotatable bonds is 6. The summed E-state index contributed by atoms with van der Waals surface area (Å²) in [6.07, 6.45) is 6.60. The van der Waals surface area contributed by atoms with Gasteiger partial charge in [0, 0.05) is 12.1 Å². The molecule has 0 unspecified atom stereocenters. The number of hydrogen-bond acceptors (Lipinski definition) is 2. The number of hydrogen-bond donors (Lipinski definition) is 2. The summed E-state index contributed by atoms with van der Waals surface area (Å²) in [4.78, 5) is 24.1. The minimum absolute atomic E-state index is 0.0153. The average molecular weight is 314 g/mol. The number of aryl methyl sites for hydroxylation is 1. The summed E-state index contributed by atoms with van der Waals surface area (Å²) in [5.41, 5.74) is 1.94. The fourth-order valence-electron chi connectivity index (χ4n) is 4.26. The molecule has 0 heterocycles. The van der Waals surface area contributed by atoms with Gasteiger partial charge in [0.2, 0.25) is 11.8 Å². The molecule has 2 saturated carbocycles. The van der Waals surface area contributed by atoms with Crippen molar-refractivity contribution in [1.29, 1.82) is 0 Å². The van der Waals surface area contributed by atoms with Crippen molar-refractivity contribution >= 4 is 17.5 Å². The lowest BCUT2D eigenvalue weighted by Gasteiger charge is -2.20. The van der Waals surface area contributed by atoms with Gasteiger partial charge in [-0.25, -0.2) is 0 Å². The lowest BCUT2D eigenvalue weighted by atomic mass is 9.86. The Bertz CT molecular complexity index is 584. The number of carbonyl (C=O) groups is 2. The van der Waals surface area contributed by atoms with Gasteiger partial charge in [0.05, 0.1) is 6.54 Å². The molecular weight excluding hydrogens is 288 g/mol. The van der Waals surface area contributed by atoms with Crippen LogP contribution in [0.15, 0.2) is 24.3 Å². The smallest absolute Gasteiger partial charge is 0.243 e. The van der Waals surface area contributed by atoms with Crippen LogP contribution < -0.4 is 10.6 Å². The lowest BCUT2D eigenvalue weighted by molar-refractivity contribution is -0.125. The first-order chi connectivity index (χ1) is 11.2. The van der Waals surface area contributed by atoms with Crippen LogP contribution in [0, 0.1) is 17.8 Å². The predicted molar refractivity (Wildman–Crippen MR) is 91.0 cm³/mol. The maximum atomic E-state index is 12.1. The van der Waals surface area contributed by atoms with E-state index in [1.807, 2.05) is 24.3 Å². The van der Waals surface area contributed by atoms with Crippen molar-refractivity contribution < 1.29 is 9.59 Å². The predicted octanol–water partition coefficient (Wildman–Crippen LogP) is 3.13. The van der Waals surface area contributed by atoms with Crippen LogP contribution in [-0.2, 0) is 16.0 Å². The van der Waals surface area contributed by atoms with E-state index in [0.717, 1.165) is 29.5 Å². The van der Waals surface area contributed by atoms with E-state index < -0.39 is 0 Å². The third-order valence-corrected chi connectivity index (χ3v) is 5.45. The molecule has 2 N–H and O–H groups in total. The van der Waals surface area contributed by atoms with Gasteiger partial charge in [-0.2, -0.15) is 0 Å². The Morgan fingerprint density at radius 3 is 2.65 bits per heavy atom. The number of para-hydroxylation sites is 1. The third kappa shape index (κ3) is 3.92. The molecule has 4 nitrogen and oxygen atoms in total. The third-order valence-electron chi connectivity index (χ3n) is 5.45. The van der Waals surface area contributed by atoms with Crippen LogP contribution in [-0.4, -0.2) is 18.4 Å². The molecule has 3 rings (SSSR count). The summed E-state index contributed by atoms with van der Waals surface area (Å²) >= 11 is 0. The lowest BCUT2D eigenvalue weighted by Crippen LogP contribution is -2.34. The van der Waals surface area contributed by atoms with Gasteiger partial charge in [-0.1, -0.05) is 31.5 Å². The van der Waals surface area contributed by atoms with Gasteiger partial charge in [0.15, 0.2) is 0 Å². The first-order valence-electron chi connectivity index (χ1n) is 8.80. The van der Waals surface area contributed by atoms with Gasteiger partial charge in [0.1, 0.15) is 0 Å². The molecule has 0 aromatic heterocycles. The highest BCUT2D eigenvalue weighted by atomic mass is 16.2. The zero-order valence-corrected chi connectivity index (χ0v) is 13.8. The molecule has 2 amide bonds. The van der Waals surface area contributed by atoms with Gasteiger partial charge < -0.3 is 10.6 Å². The molecule has 0 radical (unpaired) electrons. The second-order valence-corrected chi connectivity index (χ2v) is 6.97. The molecule has 1 aromatic rings. The van der Waals surface area contributed by atoms with Crippen molar-refractivity contribution in [3.05, 3.63) is 29.8 Å². The fraction of sp³-hybridized carbons (Fsp3) is 0.579. The van der Waals surface area contributed by atoms with Crippen LogP contribution in [0.5, 0.6) is 0 Å². The molecule has 3 atom stereocenters. The fourth-order valence-corrected chi connectivity index (χ4v) is 4.26. The van der Waals surface area contributed by atoms with E-state index in [9.17, 15) is 9.59 Å². The molecule has 4 heteroatoms. The van der Waals surface area contributed by atoms with Gasteiger partial charge >= 0.3 is 0 Å². The number of nitrogens with one attached hydrogen (secondary N) is 2. The SMILES string of the molecule is CCc1ccccc1NC(=O)CNC(=O)C[C@@H]1C[C@@H]2CC[C@@H]1C2. The summed E-state index contributed by atoms with van der Waals surface area (Å²) in [6, 6.07) is 7.77. The average Bonchev–Trinajstić information content (AvgIpc) is 3.16. The van der Waals surface area contributed by atoms with E-state index >= 15 is 0 Å². The number of benzene rings is 1. The normalized spacial score (nSPS) is 25.3. The summed E-state index contributed by atoms with van der Waals surface area (Å²) < 4.78 is 0. The maximum Gasteiger partial charge on any atom is 0.243 e. The van der Waals surface area contributed by atoms with Crippen LogP contribution in [0.25, 0.3) is 0 Å². The highest BCUT2D eigenvalue weighted by Crippen LogP contribution is 2.49. The van der Waals surface area contributed by atoms with E-state index in [4.69, 9.17) is 0 Å². The van der Waals surface area contributed by atoms with Gasteiger partial charge in [-0.15, -0.1) is 0 Å².